The molecule has 0 saturated carbocycles. The third kappa shape index (κ3) is 3.88. The number of hydrogen-bond donors (Lipinski definition) is 1. The van der Waals surface area contributed by atoms with Crippen LogP contribution in [0.1, 0.15) is 35.4 Å². The summed E-state index contributed by atoms with van der Waals surface area (Å²) in [6, 6.07) is 3.74. The van der Waals surface area contributed by atoms with Gasteiger partial charge in [0.25, 0.3) is 0 Å². The Hall–Kier alpha value is -2.41. The fourth-order valence-electron chi connectivity index (χ4n) is 3.27. The van der Waals surface area contributed by atoms with Crippen LogP contribution in [0, 0.1) is 17.5 Å². The van der Waals surface area contributed by atoms with Gasteiger partial charge in [-0.3, -0.25) is 9.78 Å². The molecule has 1 aromatic heterocycles. The lowest BCUT2D eigenvalue weighted by molar-refractivity contribution is -0.128. The highest BCUT2D eigenvalue weighted by molar-refractivity contribution is 5.79. The molecule has 2 heterocycles. The van der Waals surface area contributed by atoms with E-state index in [1.54, 1.807) is 17.3 Å². The van der Waals surface area contributed by atoms with Gasteiger partial charge in [0.1, 0.15) is 0 Å². The summed E-state index contributed by atoms with van der Waals surface area (Å²) in [6.07, 6.45) is 4.73. The third-order valence-corrected chi connectivity index (χ3v) is 4.66. The maximum Gasteiger partial charge on any atom is 0.223 e. The highest BCUT2D eigenvalue weighted by Crippen LogP contribution is 2.31. The predicted molar refractivity (Wildman–Crippen MR) is 88.7 cm³/mol. The number of aliphatic hydroxyl groups is 1. The summed E-state index contributed by atoms with van der Waals surface area (Å²) in [5.41, 5.74) is 2.17. The molecule has 26 heavy (non-hydrogen) atoms. The highest BCUT2D eigenvalue weighted by Gasteiger charge is 2.32. The van der Waals surface area contributed by atoms with Gasteiger partial charge in [0.05, 0.1) is 0 Å². The molecule has 1 aromatic carbocycles. The van der Waals surface area contributed by atoms with Crippen molar-refractivity contribution in [1.29, 1.82) is 0 Å². The van der Waals surface area contributed by atoms with Gasteiger partial charge in [-0.25, -0.2) is 13.2 Å². The molecule has 1 unspecified atom stereocenters. The zero-order valence-corrected chi connectivity index (χ0v) is 14.1. The molecule has 1 aliphatic heterocycles. The number of aromatic nitrogens is 1. The van der Waals surface area contributed by atoms with Crippen LogP contribution in [0.25, 0.3) is 0 Å². The number of pyridine rings is 1. The highest BCUT2D eigenvalue weighted by atomic mass is 19.2. The zero-order valence-electron chi connectivity index (χ0n) is 14.1. The molecule has 0 aliphatic carbocycles. The van der Waals surface area contributed by atoms with Gasteiger partial charge in [0, 0.05) is 44.4 Å². The Balaban J connectivity index is 1.75. The molecule has 1 fully saturated rings. The summed E-state index contributed by atoms with van der Waals surface area (Å²) >= 11 is 0. The van der Waals surface area contributed by atoms with Crippen LogP contribution < -0.4 is 0 Å². The van der Waals surface area contributed by atoms with E-state index in [0.717, 1.165) is 23.3 Å². The first kappa shape index (κ1) is 18.4. The number of amides is 1. The average molecular weight is 364 g/mol. The molecule has 138 valence electrons. The number of rotatable bonds is 6. The normalized spacial score (nSPS) is 17.2. The SMILES string of the molecule is O=C1CC(c2cc(F)c(F)c(F)c2)CN1Cc1ccncc1CCCO. The summed E-state index contributed by atoms with van der Waals surface area (Å²) in [6.45, 7) is 0.747. The molecule has 1 atom stereocenters. The van der Waals surface area contributed by atoms with Crippen molar-refractivity contribution >= 4 is 5.91 Å². The Morgan fingerprint density at radius 2 is 1.92 bits per heavy atom. The maximum absolute atomic E-state index is 13.5. The van der Waals surface area contributed by atoms with E-state index in [0.29, 0.717) is 25.9 Å². The molecule has 2 aromatic rings. The smallest absolute Gasteiger partial charge is 0.223 e. The van der Waals surface area contributed by atoms with Crippen molar-refractivity contribution in [2.45, 2.75) is 31.7 Å². The monoisotopic (exact) mass is 364 g/mol. The van der Waals surface area contributed by atoms with Crippen molar-refractivity contribution in [2.75, 3.05) is 13.2 Å². The van der Waals surface area contributed by atoms with E-state index in [1.165, 1.54) is 0 Å². The van der Waals surface area contributed by atoms with Crippen molar-refractivity contribution in [3.05, 3.63) is 64.7 Å². The first-order valence-electron chi connectivity index (χ1n) is 8.44. The number of likely N-dealkylation sites (tertiary alicyclic amines) is 1. The third-order valence-electron chi connectivity index (χ3n) is 4.66. The predicted octanol–water partition coefficient (Wildman–Crippen LogP) is 2.94. The van der Waals surface area contributed by atoms with Crippen LogP contribution in [-0.4, -0.2) is 34.0 Å². The van der Waals surface area contributed by atoms with Gasteiger partial charge in [-0.15, -0.1) is 0 Å². The molecule has 0 spiro atoms. The van der Waals surface area contributed by atoms with E-state index in [9.17, 15) is 18.0 Å². The van der Waals surface area contributed by atoms with Gasteiger partial charge in [-0.1, -0.05) is 0 Å². The van der Waals surface area contributed by atoms with E-state index in [-0.39, 0.29) is 30.4 Å². The van der Waals surface area contributed by atoms with Gasteiger partial charge >= 0.3 is 0 Å². The Kier molecular flexibility index (Phi) is 5.56. The van der Waals surface area contributed by atoms with Crippen LogP contribution in [0.4, 0.5) is 13.2 Å². The van der Waals surface area contributed by atoms with Crippen LogP contribution in [0.5, 0.6) is 0 Å². The van der Waals surface area contributed by atoms with Crippen molar-refractivity contribution in [3.8, 4) is 0 Å². The summed E-state index contributed by atoms with van der Waals surface area (Å²) in [4.78, 5) is 18.0. The lowest BCUT2D eigenvalue weighted by atomic mass is 9.98. The van der Waals surface area contributed by atoms with Crippen LogP contribution in [-0.2, 0) is 17.8 Å². The van der Waals surface area contributed by atoms with Crippen LogP contribution in [0.2, 0.25) is 0 Å². The molecule has 1 N–H and O–H groups in total. The first-order chi connectivity index (χ1) is 12.5. The van der Waals surface area contributed by atoms with E-state index < -0.39 is 17.5 Å². The number of hydrogen-bond acceptors (Lipinski definition) is 3. The van der Waals surface area contributed by atoms with Crippen LogP contribution in [0.15, 0.2) is 30.6 Å². The summed E-state index contributed by atoms with van der Waals surface area (Å²) < 4.78 is 40.1. The molecule has 4 nitrogen and oxygen atoms in total. The second-order valence-electron chi connectivity index (χ2n) is 6.45. The Labute approximate surface area is 149 Å². The molecule has 1 saturated heterocycles. The summed E-state index contributed by atoms with van der Waals surface area (Å²) in [5, 5.41) is 9.00. The quantitative estimate of drug-likeness (QED) is 0.802. The number of carbonyl (C=O) groups excluding carboxylic acids is 1. The van der Waals surface area contributed by atoms with Crippen molar-refractivity contribution < 1.29 is 23.1 Å². The summed E-state index contributed by atoms with van der Waals surface area (Å²) in [7, 11) is 0. The Morgan fingerprint density at radius 3 is 2.62 bits per heavy atom. The minimum absolute atomic E-state index is 0.0702. The molecule has 7 heteroatoms. The fraction of sp³-hybridized carbons (Fsp3) is 0.368. The largest absolute Gasteiger partial charge is 0.396 e. The van der Waals surface area contributed by atoms with Crippen molar-refractivity contribution in [1.82, 2.24) is 9.88 Å². The van der Waals surface area contributed by atoms with Gasteiger partial charge in [-0.05, 0) is 47.7 Å². The van der Waals surface area contributed by atoms with Gasteiger partial charge in [0.15, 0.2) is 17.5 Å². The van der Waals surface area contributed by atoms with Crippen LogP contribution >= 0.6 is 0 Å². The van der Waals surface area contributed by atoms with E-state index in [2.05, 4.69) is 4.98 Å². The lowest BCUT2D eigenvalue weighted by Gasteiger charge is -2.19. The molecule has 0 bridgehead atoms. The van der Waals surface area contributed by atoms with Gasteiger partial charge in [-0.2, -0.15) is 0 Å². The maximum atomic E-state index is 13.5. The second-order valence-corrected chi connectivity index (χ2v) is 6.45. The van der Waals surface area contributed by atoms with Crippen molar-refractivity contribution in [3.63, 3.8) is 0 Å². The number of carbonyl (C=O) groups is 1. The molecule has 3 rings (SSSR count). The zero-order chi connectivity index (χ0) is 18.7. The summed E-state index contributed by atoms with van der Waals surface area (Å²) in [5.74, 6) is -4.49. The molecule has 1 aliphatic rings. The van der Waals surface area contributed by atoms with Crippen LogP contribution in [0.3, 0.4) is 0 Å². The van der Waals surface area contributed by atoms with Gasteiger partial charge < -0.3 is 10.0 Å². The van der Waals surface area contributed by atoms with E-state index >= 15 is 0 Å². The van der Waals surface area contributed by atoms with Crippen molar-refractivity contribution in [2.24, 2.45) is 0 Å². The number of aryl methyl sites for hydroxylation is 1. The van der Waals surface area contributed by atoms with Gasteiger partial charge in [0.2, 0.25) is 5.91 Å². The lowest BCUT2D eigenvalue weighted by Crippen LogP contribution is -2.25. The second kappa shape index (κ2) is 7.86. The number of nitrogens with zero attached hydrogens (tertiary/aromatic N) is 2. The molecule has 0 radical (unpaired) electrons. The average Bonchev–Trinajstić information content (AvgIpc) is 2.99. The number of benzene rings is 1. The standard InChI is InChI=1S/C19H19F3N2O2/c20-16-6-14(7-17(21)19(16)22)15-8-18(26)24(11-15)10-13-3-4-23-9-12(13)2-1-5-25/h3-4,6-7,9,15,25H,1-2,5,8,10-11H2. The van der Waals surface area contributed by atoms with E-state index in [1.807, 2.05) is 6.07 Å². The molecular weight excluding hydrogens is 345 g/mol. The Bertz CT molecular complexity index is 790. The first-order valence-corrected chi connectivity index (χ1v) is 8.44. The molecule has 1 amide bonds. The number of halogens is 3. The topological polar surface area (TPSA) is 53.4 Å². The minimum atomic E-state index is -1.50. The molecular formula is C19H19F3N2O2. The fourth-order valence-corrected chi connectivity index (χ4v) is 3.27. The minimum Gasteiger partial charge on any atom is -0.396 e. The number of aliphatic hydroxyl groups excluding tert-OH is 1. The van der Waals surface area contributed by atoms with E-state index in [4.69, 9.17) is 5.11 Å². The Morgan fingerprint density at radius 1 is 1.19 bits per heavy atom.